The topological polar surface area (TPSA) is 47.6 Å². The minimum absolute atomic E-state index is 0.117. The Morgan fingerprint density at radius 3 is 2.60 bits per heavy atom. The van der Waals surface area contributed by atoms with Crippen molar-refractivity contribution in [3.63, 3.8) is 0 Å². The standard InChI is InChI=1S/C24H19BrClNO3/c1-2-29-22-13-16(11-19-18-5-3-4-6-21(18)27-24(19)28)12-20(25)23(22)30-14-15-7-9-17(26)10-8-15/h3-13H,2,14H2,1H3,(H,27,28)/b19-11-. The van der Waals surface area contributed by atoms with Gasteiger partial charge in [0, 0.05) is 21.8 Å². The zero-order valence-electron chi connectivity index (χ0n) is 16.2. The van der Waals surface area contributed by atoms with Crippen molar-refractivity contribution >= 4 is 50.8 Å². The summed E-state index contributed by atoms with van der Waals surface area (Å²) in [5.41, 5.74) is 4.17. The van der Waals surface area contributed by atoms with Crippen molar-refractivity contribution in [3.05, 3.63) is 86.8 Å². The fourth-order valence-electron chi connectivity index (χ4n) is 3.26. The molecular formula is C24H19BrClNO3. The normalized spacial score (nSPS) is 13.8. The SMILES string of the molecule is CCOc1cc(/C=C2\C(=O)Nc3ccccc32)cc(Br)c1OCc1ccc(Cl)cc1. The van der Waals surface area contributed by atoms with Crippen molar-refractivity contribution in [2.24, 2.45) is 0 Å². The smallest absolute Gasteiger partial charge is 0.256 e. The number of carbonyl (C=O) groups excluding carboxylic acids is 1. The Labute approximate surface area is 188 Å². The first-order valence-corrected chi connectivity index (χ1v) is 10.7. The van der Waals surface area contributed by atoms with Gasteiger partial charge in [0.25, 0.3) is 5.91 Å². The van der Waals surface area contributed by atoms with E-state index < -0.39 is 0 Å². The molecule has 1 aliphatic heterocycles. The monoisotopic (exact) mass is 483 g/mol. The van der Waals surface area contributed by atoms with Crippen LogP contribution >= 0.6 is 27.5 Å². The zero-order chi connectivity index (χ0) is 21.1. The maximum absolute atomic E-state index is 12.4. The number of rotatable bonds is 6. The van der Waals surface area contributed by atoms with Gasteiger partial charge in [0.15, 0.2) is 11.5 Å². The summed E-state index contributed by atoms with van der Waals surface area (Å²) in [5.74, 6) is 1.11. The molecule has 1 heterocycles. The van der Waals surface area contributed by atoms with Crippen molar-refractivity contribution < 1.29 is 14.3 Å². The molecule has 152 valence electrons. The lowest BCUT2D eigenvalue weighted by molar-refractivity contribution is -0.110. The van der Waals surface area contributed by atoms with Crippen molar-refractivity contribution in [2.45, 2.75) is 13.5 Å². The lowest BCUT2D eigenvalue weighted by atomic mass is 10.0. The Balaban J connectivity index is 1.65. The second-order valence-corrected chi connectivity index (χ2v) is 8.03. The van der Waals surface area contributed by atoms with Crippen LogP contribution in [0.3, 0.4) is 0 Å². The Bertz CT molecular complexity index is 1130. The summed E-state index contributed by atoms with van der Waals surface area (Å²) in [5, 5.41) is 3.58. The Hall–Kier alpha value is -2.76. The summed E-state index contributed by atoms with van der Waals surface area (Å²) in [6, 6.07) is 19.0. The molecular weight excluding hydrogens is 466 g/mol. The summed E-state index contributed by atoms with van der Waals surface area (Å²) in [7, 11) is 0. The minimum atomic E-state index is -0.117. The molecule has 0 saturated carbocycles. The van der Waals surface area contributed by atoms with E-state index in [0.717, 1.165) is 26.9 Å². The van der Waals surface area contributed by atoms with E-state index >= 15 is 0 Å². The third-order valence-corrected chi connectivity index (χ3v) is 5.49. The Morgan fingerprint density at radius 2 is 1.83 bits per heavy atom. The molecule has 3 aromatic carbocycles. The lowest BCUT2D eigenvalue weighted by Gasteiger charge is -2.15. The predicted octanol–water partition coefficient (Wildman–Crippen LogP) is 6.57. The maximum Gasteiger partial charge on any atom is 0.256 e. The molecule has 0 fully saturated rings. The summed E-state index contributed by atoms with van der Waals surface area (Å²) >= 11 is 9.54. The molecule has 0 spiro atoms. The number of nitrogens with one attached hydrogen (secondary N) is 1. The van der Waals surface area contributed by atoms with Crippen LogP contribution in [-0.4, -0.2) is 12.5 Å². The van der Waals surface area contributed by atoms with Crippen LogP contribution in [0.15, 0.2) is 65.1 Å². The van der Waals surface area contributed by atoms with E-state index in [1.807, 2.05) is 73.7 Å². The molecule has 0 atom stereocenters. The first-order valence-electron chi connectivity index (χ1n) is 9.51. The second-order valence-electron chi connectivity index (χ2n) is 6.74. The average Bonchev–Trinajstić information content (AvgIpc) is 3.04. The highest BCUT2D eigenvalue weighted by molar-refractivity contribution is 9.10. The first-order chi connectivity index (χ1) is 14.5. The quantitative estimate of drug-likeness (QED) is 0.402. The van der Waals surface area contributed by atoms with Gasteiger partial charge in [0.05, 0.1) is 11.1 Å². The van der Waals surface area contributed by atoms with Crippen LogP contribution < -0.4 is 14.8 Å². The van der Waals surface area contributed by atoms with E-state index in [9.17, 15) is 4.79 Å². The first kappa shape index (κ1) is 20.5. The van der Waals surface area contributed by atoms with Gasteiger partial charge in [-0.1, -0.05) is 41.9 Å². The Kier molecular flexibility index (Phi) is 6.11. The molecule has 1 aliphatic rings. The van der Waals surface area contributed by atoms with Gasteiger partial charge in [-0.3, -0.25) is 4.79 Å². The number of benzene rings is 3. The van der Waals surface area contributed by atoms with Crippen LogP contribution in [0.5, 0.6) is 11.5 Å². The number of para-hydroxylation sites is 1. The van der Waals surface area contributed by atoms with Gasteiger partial charge in [0.1, 0.15) is 6.61 Å². The van der Waals surface area contributed by atoms with Gasteiger partial charge in [-0.25, -0.2) is 0 Å². The fraction of sp³-hybridized carbons (Fsp3) is 0.125. The van der Waals surface area contributed by atoms with Gasteiger partial charge in [-0.05, 0) is 70.4 Å². The molecule has 0 bridgehead atoms. The van der Waals surface area contributed by atoms with Gasteiger partial charge < -0.3 is 14.8 Å². The largest absolute Gasteiger partial charge is 0.490 e. The van der Waals surface area contributed by atoms with Crippen molar-refractivity contribution in [1.82, 2.24) is 0 Å². The summed E-state index contributed by atoms with van der Waals surface area (Å²) in [6.45, 7) is 2.79. The molecule has 1 N–H and O–H groups in total. The molecule has 0 unspecified atom stereocenters. The molecule has 0 saturated heterocycles. The minimum Gasteiger partial charge on any atom is -0.490 e. The molecule has 0 aliphatic carbocycles. The summed E-state index contributed by atoms with van der Waals surface area (Å²) < 4.78 is 12.6. The number of anilines is 1. The van der Waals surface area contributed by atoms with E-state index in [2.05, 4.69) is 21.2 Å². The molecule has 4 nitrogen and oxygen atoms in total. The van der Waals surface area contributed by atoms with Crippen molar-refractivity contribution in [2.75, 3.05) is 11.9 Å². The van der Waals surface area contributed by atoms with Gasteiger partial charge in [0.2, 0.25) is 0 Å². The summed E-state index contributed by atoms with van der Waals surface area (Å²) in [4.78, 5) is 12.4. The third-order valence-electron chi connectivity index (χ3n) is 4.65. The van der Waals surface area contributed by atoms with Gasteiger partial charge >= 0.3 is 0 Å². The highest BCUT2D eigenvalue weighted by Gasteiger charge is 2.23. The number of carbonyl (C=O) groups is 1. The maximum atomic E-state index is 12.4. The average molecular weight is 485 g/mol. The third kappa shape index (κ3) is 4.37. The zero-order valence-corrected chi connectivity index (χ0v) is 18.6. The van der Waals surface area contributed by atoms with E-state index in [1.165, 1.54) is 0 Å². The molecule has 0 radical (unpaired) electrons. The fourth-order valence-corrected chi connectivity index (χ4v) is 3.96. The molecule has 6 heteroatoms. The number of ether oxygens (including phenoxy) is 2. The van der Waals surface area contributed by atoms with E-state index in [1.54, 1.807) is 0 Å². The molecule has 30 heavy (non-hydrogen) atoms. The van der Waals surface area contributed by atoms with Crippen LogP contribution in [0, 0.1) is 0 Å². The number of hydrogen-bond donors (Lipinski definition) is 1. The molecule has 3 aromatic rings. The number of amides is 1. The molecule has 1 amide bonds. The summed E-state index contributed by atoms with van der Waals surface area (Å²) in [6.07, 6.45) is 1.86. The van der Waals surface area contributed by atoms with Crippen LogP contribution in [0.4, 0.5) is 5.69 Å². The van der Waals surface area contributed by atoms with Crippen LogP contribution in [0.1, 0.15) is 23.6 Å². The number of halogens is 2. The number of fused-ring (bicyclic) bond motifs is 1. The van der Waals surface area contributed by atoms with Crippen molar-refractivity contribution in [1.29, 1.82) is 0 Å². The lowest BCUT2D eigenvalue weighted by Crippen LogP contribution is -2.04. The second kappa shape index (κ2) is 8.94. The van der Waals surface area contributed by atoms with Crippen LogP contribution in [0.2, 0.25) is 5.02 Å². The Morgan fingerprint density at radius 1 is 1.07 bits per heavy atom. The number of hydrogen-bond acceptors (Lipinski definition) is 3. The highest BCUT2D eigenvalue weighted by atomic mass is 79.9. The van der Waals surface area contributed by atoms with Gasteiger partial charge in [-0.15, -0.1) is 0 Å². The van der Waals surface area contributed by atoms with E-state index in [0.29, 0.717) is 35.3 Å². The van der Waals surface area contributed by atoms with E-state index in [-0.39, 0.29) is 5.91 Å². The predicted molar refractivity (Wildman–Crippen MR) is 124 cm³/mol. The van der Waals surface area contributed by atoms with Gasteiger partial charge in [-0.2, -0.15) is 0 Å². The molecule has 0 aromatic heterocycles. The molecule has 4 rings (SSSR count). The van der Waals surface area contributed by atoms with Crippen LogP contribution in [-0.2, 0) is 11.4 Å². The van der Waals surface area contributed by atoms with Crippen LogP contribution in [0.25, 0.3) is 11.6 Å². The highest BCUT2D eigenvalue weighted by Crippen LogP contribution is 2.39. The van der Waals surface area contributed by atoms with E-state index in [4.69, 9.17) is 21.1 Å². The van der Waals surface area contributed by atoms with Crippen molar-refractivity contribution in [3.8, 4) is 11.5 Å².